The Morgan fingerprint density at radius 2 is 1.78 bits per heavy atom. The van der Waals surface area contributed by atoms with Gasteiger partial charge in [0.15, 0.2) is 5.65 Å². The van der Waals surface area contributed by atoms with Crippen molar-refractivity contribution in [3.8, 4) is 0 Å². The maximum Gasteiger partial charge on any atom is 0.283 e. The molecule has 1 N–H and O–H groups in total. The molecule has 2 heterocycles. The molecular formula is C26H28ClN5O3S. The van der Waals surface area contributed by atoms with Gasteiger partial charge in [-0.2, -0.15) is 0 Å². The first-order valence-electron chi connectivity index (χ1n) is 11.6. The normalized spacial score (nSPS) is 11.6. The molecule has 4 aromatic rings. The van der Waals surface area contributed by atoms with Crippen LogP contribution in [0.1, 0.15) is 40.8 Å². The van der Waals surface area contributed by atoms with E-state index in [0.29, 0.717) is 28.6 Å². The predicted octanol–water partition coefficient (Wildman–Crippen LogP) is 4.71. The number of amides is 1. The minimum atomic E-state index is -4.04. The van der Waals surface area contributed by atoms with E-state index in [1.165, 1.54) is 18.2 Å². The average molecular weight is 526 g/mol. The summed E-state index contributed by atoms with van der Waals surface area (Å²) in [4.78, 5) is 24.0. The van der Waals surface area contributed by atoms with E-state index in [-0.39, 0.29) is 10.6 Å². The SMILES string of the molecule is CCCN(C)c1ccc(Cn2c(C)nc3ccc(C(=O)NS(=O)(=O)c4ccc(C)cc4)nc32)c(Cl)c1. The second-order valence-corrected chi connectivity index (χ2v) is 10.8. The molecule has 0 aliphatic rings. The van der Waals surface area contributed by atoms with Crippen molar-refractivity contribution in [2.45, 2.75) is 38.6 Å². The van der Waals surface area contributed by atoms with Gasteiger partial charge < -0.3 is 9.47 Å². The minimum absolute atomic E-state index is 0.00563. The average Bonchev–Trinajstić information content (AvgIpc) is 3.14. The highest BCUT2D eigenvalue weighted by molar-refractivity contribution is 7.90. The van der Waals surface area contributed by atoms with Gasteiger partial charge in [0.05, 0.1) is 11.4 Å². The topological polar surface area (TPSA) is 97.2 Å². The fourth-order valence-electron chi connectivity index (χ4n) is 3.92. The van der Waals surface area contributed by atoms with Crippen molar-refractivity contribution in [3.05, 3.63) is 82.3 Å². The number of carbonyl (C=O) groups excluding carboxylic acids is 1. The number of pyridine rings is 1. The Labute approximate surface area is 216 Å². The first-order chi connectivity index (χ1) is 17.1. The molecule has 4 rings (SSSR count). The lowest BCUT2D eigenvalue weighted by Crippen LogP contribution is -2.31. The van der Waals surface area contributed by atoms with Crippen LogP contribution in [0, 0.1) is 13.8 Å². The molecule has 0 bridgehead atoms. The van der Waals surface area contributed by atoms with Crippen LogP contribution in [0.4, 0.5) is 5.69 Å². The van der Waals surface area contributed by atoms with Gasteiger partial charge in [-0.15, -0.1) is 0 Å². The van der Waals surface area contributed by atoms with Crippen molar-refractivity contribution < 1.29 is 13.2 Å². The molecule has 0 radical (unpaired) electrons. The molecule has 0 saturated heterocycles. The lowest BCUT2D eigenvalue weighted by Gasteiger charge is -2.19. The van der Waals surface area contributed by atoms with Gasteiger partial charge in [-0.3, -0.25) is 4.79 Å². The fourth-order valence-corrected chi connectivity index (χ4v) is 5.11. The van der Waals surface area contributed by atoms with Gasteiger partial charge in [0.25, 0.3) is 15.9 Å². The molecule has 1 amide bonds. The summed E-state index contributed by atoms with van der Waals surface area (Å²) >= 11 is 6.60. The highest BCUT2D eigenvalue weighted by atomic mass is 35.5. The summed E-state index contributed by atoms with van der Waals surface area (Å²) in [5.74, 6) is -0.116. The summed E-state index contributed by atoms with van der Waals surface area (Å²) in [6.07, 6.45) is 1.03. The lowest BCUT2D eigenvalue weighted by atomic mass is 10.2. The second-order valence-electron chi connectivity index (χ2n) is 8.73. The van der Waals surface area contributed by atoms with Crippen LogP contribution in [0.5, 0.6) is 0 Å². The number of sulfonamides is 1. The third kappa shape index (κ3) is 5.37. The summed E-state index contributed by atoms with van der Waals surface area (Å²) < 4.78 is 29.3. The number of fused-ring (bicyclic) bond motifs is 1. The fraction of sp³-hybridized carbons (Fsp3) is 0.269. The number of hydrogen-bond donors (Lipinski definition) is 1. The number of benzene rings is 2. The summed E-state index contributed by atoms with van der Waals surface area (Å²) in [5.41, 5.74) is 3.87. The number of nitrogens with zero attached hydrogens (tertiary/aromatic N) is 4. The Hall–Kier alpha value is -3.43. The van der Waals surface area contributed by atoms with Crippen molar-refractivity contribution in [2.24, 2.45) is 0 Å². The van der Waals surface area contributed by atoms with Crippen LogP contribution in [0.3, 0.4) is 0 Å². The number of aromatic nitrogens is 3. The maximum absolute atomic E-state index is 12.8. The molecule has 0 fully saturated rings. The molecule has 188 valence electrons. The van der Waals surface area contributed by atoms with E-state index < -0.39 is 15.9 Å². The molecule has 0 aliphatic heterocycles. The third-order valence-electron chi connectivity index (χ3n) is 5.94. The van der Waals surface area contributed by atoms with Gasteiger partial charge in [0.2, 0.25) is 0 Å². The third-order valence-corrected chi connectivity index (χ3v) is 7.64. The molecule has 0 saturated carbocycles. The Morgan fingerprint density at radius 1 is 1.06 bits per heavy atom. The zero-order valence-electron chi connectivity index (χ0n) is 20.6. The summed E-state index contributed by atoms with van der Waals surface area (Å²) in [6.45, 7) is 7.15. The lowest BCUT2D eigenvalue weighted by molar-refractivity contribution is 0.0977. The van der Waals surface area contributed by atoms with E-state index >= 15 is 0 Å². The van der Waals surface area contributed by atoms with E-state index in [1.807, 2.05) is 43.7 Å². The number of nitrogens with one attached hydrogen (secondary N) is 1. The first kappa shape index (κ1) is 25.7. The van der Waals surface area contributed by atoms with Gasteiger partial charge in [-0.05, 0) is 62.2 Å². The highest BCUT2D eigenvalue weighted by Crippen LogP contribution is 2.26. The number of rotatable bonds is 8. The molecule has 2 aromatic heterocycles. The summed E-state index contributed by atoms with van der Waals surface area (Å²) in [6, 6.07) is 15.3. The molecule has 0 spiro atoms. The van der Waals surface area contributed by atoms with E-state index in [2.05, 4.69) is 26.5 Å². The predicted molar refractivity (Wildman–Crippen MR) is 142 cm³/mol. The number of anilines is 1. The maximum atomic E-state index is 12.8. The largest absolute Gasteiger partial charge is 0.375 e. The number of carbonyl (C=O) groups is 1. The van der Waals surface area contributed by atoms with Gasteiger partial charge in [-0.1, -0.05) is 42.3 Å². The van der Waals surface area contributed by atoms with E-state index in [1.54, 1.807) is 18.2 Å². The Balaban J connectivity index is 1.62. The van der Waals surface area contributed by atoms with Gasteiger partial charge in [-0.25, -0.2) is 23.1 Å². The molecule has 36 heavy (non-hydrogen) atoms. The van der Waals surface area contributed by atoms with Crippen LogP contribution >= 0.6 is 11.6 Å². The summed E-state index contributed by atoms with van der Waals surface area (Å²) in [7, 11) is -2.01. The van der Waals surface area contributed by atoms with Crippen LogP contribution in [-0.2, 0) is 16.6 Å². The van der Waals surface area contributed by atoms with E-state index in [9.17, 15) is 13.2 Å². The van der Waals surface area contributed by atoms with Gasteiger partial charge >= 0.3 is 0 Å². The van der Waals surface area contributed by atoms with Crippen molar-refractivity contribution in [1.82, 2.24) is 19.3 Å². The van der Waals surface area contributed by atoms with Crippen LogP contribution in [0.25, 0.3) is 11.2 Å². The quantitative estimate of drug-likeness (QED) is 0.357. The second kappa shape index (κ2) is 10.3. The molecule has 0 unspecified atom stereocenters. The number of hydrogen-bond acceptors (Lipinski definition) is 6. The van der Waals surface area contributed by atoms with E-state index in [4.69, 9.17) is 11.6 Å². The number of imidazole rings is 1. The van der Waals surface area contributed by atoms with Crippen LogP contribution in [0.15, 0.2) is 59.5 Å². The van der Waals surface area contributed by atoms with Crippen LogP contribution in [0.2, 0.25) is 5.02 Å². The smallest absolute Gasteiger partial charge is 0.283 e. The summed E-state index contributed by atoms with van der Waals surface area (Å²) in [5, 5.41) is 0.620. The molecular weight excluding hydrogens is 498 g/mol. The highest BCUT2D eigenvalue weighted by Gasteiger charge is 2.21. The minimum Gasteiger partial charge on any atom is -0.375 e. The zero-order valence-corrected chi connectivity index (χ0v) is 22.2. The van der Waals surface area contributed by atoms with Crippen molar-refractivity contribution in [1.29, 1.82) is 0 Å². The van der Waals surface area contributed by atoms with Crippen molar-refractivity contribution >= 4 is 44.4 Å². The molecule has 0 atom stereocenters. The first-order valence-corrected chi connectivity index (χ1v) is 13.4. The zero-order chi connectivity index (χ0) is 26.0. The van der Waals surface area contributed by atoms with Crippen molar-refractivity contribution in [3.63, 3.8) is 0 Å². The molecule has 2 aromatic carbocycles. The van der Waals surface area contributed by atoms with Gasteiger partial charge in [0, 0.05) is 24.3 Å². The monoisotopic (exact) mass is 525 g/mol. The van der Waals surface area contributed by atoms with Crippen LogP contribution < -0.4 is 9.62 Å². The number of halogens is 1. The van der Waals surface area contributed by atoms with Crippen molar-refractivity contribution in [2.75, 3.05) is 18.5 Å². The Bertz CT molecular complexity index is 1530. The van der Waals surface area contributed by atoms with Crippen LogP contribution in [-0.4, -0.2) is 42.5 Å². The molecule has 8 nitrogen and oxygen atoms in total. The molecule has 0 aliphatic carbocycles. The standard InChI is InChI=1S/C26H28ClN5O3S/c1-5-14-31(4)20-9-8-19(22(27)15-20)16-32-18(3)28-23-12-13-24(29-25(23)32)26(33)30-36(34,35)21-10-6-17(2)7-11-21/h6-13,15H,5,14,16H2,1-4H3,(H,30,33). The Morgan fingerprint density at radius 3 is 2.44 bits per heavy atom. The van der Waals surface area contributed by atoms with Gasteiger partial charge in [0.1, 0.15) is 17.0 Å². The molecule has 10 heteroatoms. The Kier molecular flexibility index (Phi) is 7.33. The number of aryl methyl sites for hydroxylation is 2. The van der Waals surface area contributed by atoms with E-state index in [0.717, 1.165) is 29.8 Å².